The third kappa shape index (κ3) is 4.32. The van der Waals surface area contributed by atoms with E-state index in [-0.39, 0.29) is 6.61 Å². The number of esters is 1. The highest BCUT2D eigenvalue weighted by atomic mass is 16.7. The Labute approximate surface area is 63.9 Å². The van der Waals surface area contributed by atoms with E-state index in [1.54, 1.807) is 6.92 Å². The van der Waals surface area contributed by atoms with Gasteiger partial charge in [0.15, 0.2) is 0 Å². The van der Waals surface area contributed by atoms with Crippen LogP contribution in [0.15, 0.2) is 0 Å². The molecule has 5 heteroatoms. The predicted molar refractivity (Wildman–Crippen MR) is 34.8 cm³/mol. The molecule has 0 bridgehead atoms. The Kier molecular flexibility index (Phi) is 4.21. The van der Waals surface area contributed by atoms with Crippen molar-refractivity contribution in [2.45, 2.75) is 20.0 Å². The van der Waals surface area contributed by atoms with Crippen LogP contribution in [0.25, 0.3) is 0 Å². The lowest BCUT2D eigenvalue weighted by molar-refractivity contribution is -0.148. The van der Waals surface area contributed by atoms with Gasteiger partial charge in [0.25, 0.3) is 0 Å². The third-order valence-electron chi connectivity index (χ3n) is 0.787. The minimum absolute atomic E-state index is 0.131. The number of ether oxygens (including phenoxy) is 2. The summed E-state index contributed by atoms with van der Waals surface area (Å²) in [5.74, 6) is -1.01. The molecule has 64 valence electrons. The maximum Gasteiger partial charge on any atom is 0.516 e. The van der Waals surface area contributed by atoms with Crippen molar-refractivity contribution in [2.75, 3.05) is 6.61 Å². The van der Waals surface area contributed by atoms with Gasteiger partial charge in [-0.05, 0) is 13.8 Å². The molecular formula is C6H10O5. The van der Waals surface area contributed by atoms with Crippen LogP contribution in [-0.4, -0.2) is 29.9 Å². The first-order valence-electron chi connectivity index (χ1n) is 3.14. The monoisotopic (exact) mass is 162 g/mol. The Hall–Kier alpha value is -1.10. The average molecular weight is 162 g/mol. The van der Waals surface area contributed by atoms with Gasteiger partial charge in [0, 0.05) is 0 Å². The average Bonchev–Trinajstić information content (AvgIpc) is 1.87. The van der Waals surface area contributed by atoms with E-state index in [0.29, 0.717) is 0 Å². The summed E-state index contributed by atoms with van der Waals surface area (Å²) in [5.41, 5.74) is 0. The molecule has 0 aromatic rings. The van der Waals surface area contributed by atoms with E-state index in [9.17, 15) is 9.59 Å². The van der Waals surface area contributed by atoms with Gasteiger partial charge in [0.1, 0.15) is 6.10 Å². The molecule has 0 aliphatic rings. The topological polar surface area (TPSA) is 72.8 Å². The van der Waals surface area contributed by atoms with Gasteiger partial charge < -0.3 is 14.6 Å². The molecule has 0 rings (SSSR count). The van der Waals surface area contributed by atoms with Gasteiger partial charge in [0.2, 0.25) is 0 Å². The van der Waals surface area contributed by atoms with Crippen molar-refractivity contribution >= 4 is 12.1 Å². The highest BCUT2D eigenvalue weighted by Gasteiger charge is 2.15. The number of aliphatic hydroxyl groups is 1. The van der Waals surface area contributed by atoms with Crippen molar-refractivity contribution in [3.63, 3.8) is 0 Å². The van der Waals surface area contributed by atoms with Gasteiger partial charge in [-0.1, -0.05) is 0 Å². The molecule has 0 aromatic heterocycles. The van der Waals surface area contributed by atoms with E-state index in [4.69, 9.17) is 5.11 Å². The van der Waals surface area contributed by atoms with Crippen molar-refractivity contribution in [1.82, 2.24) is 0 Å². The molecule has 1 atom stereocenters. The highest BCUT2D eigenvalue weighted by Crippen LogP contribution is 1.90. The van der Waals surface area contributed by atoms with Crippen LogP contribution < -0.4 is 0 Å². The van der Waals surface area contributed by atoms with Gasteiger partial charge in [-0.3, -0.25) is 0 Å². The second-order valence-corrected chi connectivity index (χ2v) is 1.78. The lowest BCUT2D eigenvalue weighted by atomic mass is 10.4. The minimum Gasteiger partial charge on any atom is -0.434 e. The van der Waals surface area contributed by atoms with Crippen LogP contribution in [-0.2, 0) is 14.3 Å². The SMILES string of the molecule is CCOC(=O)OC(=O)C(C)O. The molecule has 0 aliphatic heterocycles. The lowest BCUT2D eigenvalue weighted by Gasteiger charge is -2.03. The quantitative estimate of drug-likeness (QED) is 0.459. The second kappa shape index (κ2) is 4.68. The Morgan fingerprint density at radius 1 is 1.55 bits per heavy atom. The summed E-state index contributed by atoms with van der Waals surface area (Å²) < 4.78 is 8.27. The van der Waals surface area contributed by atoms with Crippen LogP contribution in [0.3, 0.4) is 0 Å². The molecule has 5 nitrogen and oxygen atoms in total. The normalized spacial score (nSPS) is 11.9. The van der Waals surface area contributed by atoms with Crippen molar-refractivity contribution in [1.29, 1.82) is 0 Å². The molecule has 0 radical (unpaired) electrons. The van der Waals surface area contributed by atoms with Crippen LogP contribution >= 0.6 is 0 Å². The summed E-state index contributed by atoms with van der Waals surface area (Å²) in [6.45, 7) is 2.90. The summed E-state index contributed by atoms with van der Waals surface area (Å²) in [6.07, 6.45) is -2.39. The zero-order valence-corrected chi connectivity index (χ0v) is 6.36. The van der Waals surface area contributed by atoms with Gasteiger partial charge in [-0.2, -0.15) is 0 Å². The van der Waals surface area contributed by atoms with Crippen molar-refractivity contribution in [2.24, 2.45) is 0 Å². The fourth-order valence-corrected chi connectivity index (χ4v) is 0.315. The summed E-state index contributed by atoms with van der Waals surface area (Å²) in [7, 11) is 0. The number of rotatable bonds is 2. The predicted octanol–water partition coefficient (Wildman–Crippen LogP) is 0.0669. The number of aliphatic hydroxyl groups excluding tert-OH is 1. The molecule has 0 spiro atoms. The molecular weight excluding hydrogens is 152 g/mol. The number of carbonyl (C=O) groups excluding carboxylic acids is 2. The highest BCUT2D eigenvalue weighted by molar-refractivity contribution is 5.84. The molecule has 0 aliphatic carbocycles. The smallest absolute Gasteiger partial charge is 0.434 e. The Bertz CT molecular complexity index is 151. The lowest BCUT2D eigenvalue weighted by Crippen LogP contribution is -2.23. The zero-order chi connectivity index (χ0) is 8.85. The van der Waals surface area contributed by atoms with E-state index >= 15 is 0 Å². The van der Waals surface area contributed by atoms with Gasteiger partial charge in [-0.25, -0.2) is 9.59 Å². The molecule has 0 saturated carbocycles. The first-order valence-corrected chi connectivity index (χ1v) is 3.14. The first-order chi connectivity index (χ1) is 5.07. The van der Waals surface area contributed by atoms with Crippen molar-refractivity contribution in [3.8, 4) is 0 Å². The van der Waals surface area contributed by atoms with Crippen LogP contribution in [0.5, 0.6) is 0 Å². The van der Waals surface area contributed by atoms with Crippen LogP contribution in [0.2, 0.25) is 0 Å². The number of hydrogen-bond acceptors (Lipinski definition) is 5. The minimum atomic E-state index is -1.31. The molecule has 0 fully saturated rings. The van der Waals surface area contributed by atoms with Gasteiger partial charge in [-0.15, -0.1) is 0 Å². The molecule has 0 saturated heterocycles. The fourth-order valence-electron chi connectivity index (χ4n) is 0.315. The second-order valence-electron chi connectivity index (χ2n) is 1.78. The molecule has 11 heavy (non-hydrogen) atoms. The van der Waals surface area contributed by atoms with Gasteiger partial charge in [0.05, 0.1) is 6.61 Å². The van der Waals surface area contributed by atoms with Crippen LogP contribution in [0, 0.1) is 0 Å². The Balaban J connectivity index is 3.67. The maximum atomic E-state index is 10.5. The van der Waals surface area contributed by atoms with Crippen molar-refractivity contribution in [3.05, 3.63) is 0 Å². The molecule has 1 N–H and O–H groups in total. The third-order valence-corrected chi connectivity index (χ3v) is 0.787. The van der Waals surface area contributed by atoms with E-state index in [2.05, 4.69) is 9.47 Å². The zero-order valence-electron chi connectivity index (χ0n) is 6.36. The Morgan fingerprint density at radius 2 is 2.09 bits per heavy atom. The molecule has 0 aromatic carbocycles. The fraction of sp³-hybridized carbons (Fsp3) is 0.667. The summed E-state index contributed by atoms with van der Waals surface area (Å²) >= 11 is 0. The maximum absolute atomic E-state index is 10.5. The van der Waals surface area contributed by atoms with Crippen molar-refractivity contribution < 1.29 is 24.2 Å². The molecule has 1 unspecified atom stereocenters. The largest absolute Gasteiger partial charge is 0.516 e. The number of hydrogen-bond donors (Lipinski definition) is 1. The summed E-state index contributed by atoms with van der Waals surface area (Å²) in [4.78, 5) is 20.8. The van der Waals surface area contributed by atoms with E-state index in [0.717, 1.165) is 0 Å². The summed E-state index contributed by atoms with van der Waals surface area (Å²) in [6, 6.07) is 0. The van der Waals surface area contributed by atoms with E-state index in [1.807, 2.05) is 0 Å². The van der Waals surface area contributed by atoms with Gasteiger partial charge >= 0.3 is 12.1 Å². The first kappa shape index (κ1) is 9.90. The standard InChI is InChI=1S/C6H10O5/c1-3-10-6(9)11-5(8)4(2)7/h4,7H,3H2,1-2H3. The Morgan fingerprint density at radius 3 is 2.45 bits per heavy atom. The van der Waals surface area contributed by atoms with Crippen LogP contribution in [0.1, 0.15) is 13.8 Å². The molecule has 0 heterocycles. The molecule has 0 amide bonds. The van der Waals surface area contributed by atoms with Crippen LogP contribution in [0.4, 0.5) is 4.79 Å². The van der Waals surface area contributed by atoms with E-state index < -0.39 is 18.2 Å². The summed E-state index contributed by atoms with van der Waals surface area (Å²) in [5, 5.41) is 8.56. The van der Waals surface area contributed by atoms with E-state index in [1.165, 1.54) is 6.92 Å². The number of carbonyl (C=O) groups is 2.